The summed E-state index contributed by atoms with van der Waals surface area (Å²) in [4.78, 5) is 26.8. The molecule has 0 atom stereocenters. The number of hydrogen-bond donors (Lipinski definition) is 0. The Bertz CT molecular complexity index is 1050. The predicted molar refractivity (Wildman–Crippen MR) is 111 cm³/mol. The highest BCUT2D eigenvalue weighted by atomic mass is 127. The molecule has 1 aliphatic rings. The van der Waals surface area contributed by atoms with E-state index in [0.717, 1.165) is 3.57 Å². The fourth-order valence-corrected chi connectivity index (χ4v) is 3.54. The van der Waals surface area contributed by atoms with E-state index in [4.69, 9.17) is 25.8 Å². The average molecular weight is 515 g/mol. The molecule has 0 bridgehead atoms. The third-order valence-corrected chi connectivity index (χ3v) is 4.90. The number of carbonyl (C=O) groups is 1. The summed E-state index contributed by atoms with van der Waals surface area (Å²) in [5.41, 5.74) is 0.643. The van der Waals surface area contributed by atoms with Crippen molar-refractivity contribution in [2.75, 3.05) is 14.2 Å². The number of nitrogens with zero attached hydrogens (tertiary/aromatic N) is 2. The highest BCUT2D eigenvalue weighted by Gasteiger charge is 2.27. The van der Waals surface area contributed by atoms with E-state index >= 15 is 0 Å². The van der Waals surface area contributed by atoms with Crippen LogP contribution in [0.2, 0.25) is 5.02 Å². The molecule has 0 aromatic heterocycles. The number of cyclic esters (lactones) is 1. The molecule has 2 aromatic carbocycles. The van der Waals surface area contributed by atoms with Gasteiger partial charge in [-0.05, 0) is 52.4 Å². The van der Waals surface area contributed by atoms with Gasteiger partial charge in [0.1, 0.15) is 0 Å². The lowest BCUT2D eigenvalue weighted by molar-refractivity contribution is -0.384. The highest BCUT2D eigenvalue weighted by Crippen LogP contribution is 2.35. The Morgan fingerprint density at radius 1 is 1.25 bits per heavy atom. The molecule has 0 saturated carbocycles. The predicted octanol–water partition coefficient (Wildman–Crippen LogP) is 4.21. The van der Waals surface area contributed by atoms with E-state index in [2.05, 4.69) is 27.6 Å². The van der Waals surface area contributed by atoms with Gasteiger partial charge in [0, 0.05) is 12.1 Å². The van der Waals surface area contributed by atoms with Crippen molar-refractivity contribution in [3.05, 3.63) is 65.9 Å². The molecule has 0 amide bonds. The Hall–Kier alpha value is -2.66. The summed E-state index contributed by atoms with van der Waals surface area (Å²) in [5.74, 6) is 0.285. The van der Waals surface area contributed by atoms with Gasteiger partial charge in [0.2, 0.25) is 5.90 Å². The number of carbonyl (C=O) groups excluding carboxylic acids is 1. The summed E-state index contributed by atoms with van der Waals surface area (Å²) >= 11 is 8.17. The van der Waals surface area contributed by atoms with Crippen LogP contribution in [0.25, 0.3) is 6.08 Å². The van der Waals surface area contributed by atoms with Crippen molar-refractivity contribution >= 4 is 57.8 Å². The minimum Gasteiger partial charge on any atom is -0.493 e. The number of ether oxygens (including phenoxy) is 3. The summed E-state index contributed by atoms with van der Waals surface area (Å²) in [6.45, 7) is 0. The first kappa shape index (κ1) is 20.1. The number of aliphatic imine (C=N–C) groups is 1. The zero-order chi connectivity index (χ0) is 20.4. The molecule has 0 aliphatic carbocycles. The quantitative estimate of drug-likeness (QED) is 0.195. The summed E-state index contributed by atoms with van der Waals surface area (Å²) in [5, 5.41) is 11.2. The standard InChI is InChI=1S/C18H12ClIN2O6/c1-26-15-7-9(5-13(20)16(15)27-2)6-14-18(23)28-17(21-14)11-8-10(22(24)25)3-4-12(11)19/h3-8H,1-2H3/b14-6-. The van der Waals surface area contributed by atoms with Gasteiger partial charge in [-0.1, -0.05) is 11.6 Å². The van der Waals surface area contributed by atoms with E-state index in [1.54, 1.807) is 12.1 Å². The van der Waals surface area contributed by atoms with Gasteiger partial charge in [-0.3, -0.25) is 10.1 Å². The number of rotatable bonds is 5. The van der Waals surface area contributed by atoms with Crippen molar-refractivity contribution in [1.82, 2.24) is 0 Å². The molecule has 0 spiro atoms. The van der Waals surface area contributed by atoms with E-state index in [0.29, 0.717) is 17.1 Å². The van der Waals surface area contributed by atoms with Gasteiger partial charge in [-0.15, -0.1) is 0 Å². The topological polar surface area (TPSA) is 100 Å². The van der Waals surface area contributed by atoms with Crippen molar-refractivity contribution in [1.29, 1.82) is 0 Å². The van der Waals surface area contributed by atoms with Crippen LogP contribution in [0.15, 0.2) is 41.0 Å². The van der Waals surface area contributed by atoms with Crippen LogP contribution in [0.5, 0.6) is 11.5 Å². The Balaban J connectivity index is 2.02. The van der Waals surface area contributed by atoms with E-state index in [9.17, 15) is 14.9 Å². The number of halogens is 2. The van der Waals surface area contributed by atoms with E-state index in [1.807, 2.05) is 0 Å². The molecule has 1 aliphatic heterocycles. The number of methoxy groups -OCH3 is 2. The van der Waals surface area contributed by atoms with Gasteiger partial charge in [-0.25, -0.2) is 9.79 Å². The molecule has 144 valence electrons. The summed E-state index contributed by atoms with van der Waals surface area (Å²) in [7, 11) is 3.04. The van der Waals surface area contributed by atoms with E-state index < -0.39 is 10.9 Å². The number of nitro benzene ring substituents is 1. The van der Waals surface area contributed by atoms with Crippen LogP contribution in [-0.4, -0.2) is 31.0 Å². The van der Waals surface area contributed by atoms with Gasteiger partial charge in [0.15, 0.2) is 17.2 Å². The summed E-state index contributed by atoms with van der Waals surface area (Å²) in [6, 6.07) is 7.29. The van der Waals surface area contributed by atoms with Crippen molar-refractivity contribution in [3.63, 3.8) is 0 Å². The number of benzene rings is 2. The zero-order valence-electron chi connectivity index (χ0n) is 14.6. The fourth-order valence-electron chi connectivity index (χ4n) is 2.49. The summed E-state index contributed by atoms with van der Waals surface area (Å²) < 4.78 is 16.5. The van der Waals surface area contributed by atoms with E-state index in [-0.39, 0.29) is 27.9 Å². The monoisotopic (exact) mass is 514 g/mol. The fraction of sp³-hybridized carbons (Fsp3) is 0.111. The SMILES string of the molecule is COc1cc(/C=C2\N=C(c3cc([N+](=O)[O-])ccc3Cl)OC2=O)cc(I)c1OC. The van der Waals surface area contributed by atoms with Crippen LogP contribution >= 0.6 is 34.2 Å². The normalized spacial score (nSPS) is 14.6. The second-order valence-corrected chi connectivity index (χ2v) is 7.06. The van der Waals surface area contributed by atoms with Crippen LogP contribution < -0.4 is 9.47 Å². The first-order valence-electron chi connectivity index (χ1n) is 7.72. The number of esters is 1. The Kier molecular flexibility index (Phi) is 5.84. The third-order valence-electron chi connectivity index (χ3n) is 3.77. The van der Waals surface area contributed by atoms with E-state index in [1.165, 1.54) is 38.5 Å². The molecule has 3 rings (SSSR count). The molecule has 0 unspecified atom stereocenters. The van der Waals surface area contributed by atoms with Crippen LogP contribution in [0.4, 0.5) is 5.69 Å². The van der Waals surface area contributed by atoms with Gasteiger partial charge < -0.3 is 14.2 Å². The number of nitro groups is 1. The minimum atomic E-state index is -0.692. The largest absolute Gasteiger partial charge is 0.493 e. The van der Waals surface area contributed by atoms with Crippen molar-refractivity contribution in [2.45, 2.75) is 0 Å². The Morgan fingerprint density at radius 3 is 2.64 bits per heavy atom. The molecule has 1 heterocycles. The second kappa shape index (κ2) is 8.15. The van der Waals surface area contributed by atoms with Crippen LogP contribution in [-0.2, 0) is 9.53 Å². The number of hydrogen-bond acceptors (Lipinski definition) is 7. The molecule has 0 N–H and O–H groups in total. The Morgan fingerprint density at radius 2 is 2.00 bits per heavy atom. The number of non-ortho nitro benzene ring substituents is 1. The molecular formula is C18H12ClIN2O6. The lowest BCUT2D eigenvalue weighted by atomic mass is 10.1. The second-order valence-electron chi connectivity index (χ2n) is 5.50. The highest BCUT2D eigenvalue weighted by molar-refractivity contribution is 14.1. The van der Waals surface area contributed by atoms with Gasteiger partial charge >= 0.3 is 5.97 Å². The van der Waals surface area contributed by atoms with Crippen molar-refractivity contribution in [3.8, 4) is 11.5 Å². The van der Waals surface area contributed by atoms with Gasteiger partial charge in [0.05, 0.1) is 33.3 Å². The van der Waals surface area contributed by atoms with Crippen molar-refractivity contribution in [2.24, 2.45) is 4.99 Å². The third kappa shape index (κ3) is 3.94. The molecular weight excluding hydrogens is 503 g/mol. The van der Waals surface area contributed by atoms with Crippen LogP contribution in [0.1, 0.15) is 11.1 Å². The molecule has 0 fully saturated rings. The van der Waals surface area contributed by atoms with Crippen LogP contribution in [0.3, 0.4) is 0 Å². The Labute approximate surface area is 178 Å². The van der Waals surface area contributed by atoms with Gasteiger partial charge in [0.25, 0.3) is 5.69 Å². The maximum atomic E-state index is 12.2. The van der Waals surface area contributed by atoms with Gasteiger partial charge in [-0.2, -0.15) is 0 Å². The smallest absolute Gasteiger partial charge is 0.363 e. The van der Waals surface area contributed by atoms with Crippen molar-refractivity contribution < 1.29 is 23.9 Å². The molecule has 2 aromatic rings. The summed E-state index contributed by atoms with van der Waals surface area (Å²) in [6.07, 6.45) is 1.52. The lowest BCUT2D eigenvalue weighted by Gasteiger charge is -2.10. The average Bonchev–Trinajstić information content (AvgIpc) is 3.01. The molecule has 0 saturated heterocycles. The first-order chi connectivity index (χ1) is 13.3. The minimum absolute atomic E-state index is 0.0283. The zero-order valence-corrected chi connectivity index (χ0v) is 17.5. The molecule has 0 radical (unpaired) electrons. The maximum absolute atomic E-state index is 12.2. The first-order valence-corrected chi connectivity index (χ1v) is 9.18. The maximum Gasteiger partial charge on any atom is 0.363 e. The molecule has 10 heteroatoms. The van der Waals surface area contributed by atoms with Crippen LogP contribution in [0, 0.1) is 13.7 Å². The lowest BCUT2D eigenvalue weighted by Crippen LogP contribution is -2.06. The molecule has 8 nitrogen and oxygen atoms in total. The molecule has 28 heavy (non-hydrogen) atoms.